The van der Waals surface area contributed by atoms with Gasteiger partial charge in [0.1, 0.15) is 17.5 Å². The van der Waals surface area contributed by atoms with E-state index in [1.165, 1.54) is 12.1 Å². The van der Waals surface area contributed by atoms with Crippen molar-refractivity contribution in [3.63, 3.8) is 0 Å². The number of H-pyrrole nitrogens is 1. The zero-order valence-electron chi connectivity index (χ0n) is 31.3. The maximum atomic E-state index is 14.9. The van der Waals surface area contributed by atoms with E-state index in [0.717, 1.165) is 18.9 Å². The number of hydrogen-bond donors (Lipinski definition) is 5. The highest BCUT2D eigenvalue weighted by atomic mass is 32.1. The summed E-state index contributed by atoms with van der Waals surface area (Å²) in [5, 5.41) is 13.4. The summed E-state index contributed by atoms with van der Waals surface area (Å²) in [6.07, 6.45) is 2.40. The van der Waals surface area contributed by atoms with Gasteiger partial charge >= 0.3 is 6.18 Å². The van der Waals surface area contributed by atoms with Crippen LogP contribution in [0.3, 0.4) is 0 Å². The van der Waals surface area contributed by atoms with Gasteiger partial charge in [-0.25, -0.2) is 4.39 Å². The lowest BCUT2D eigenvalue weighted by molar-refractivity contribution is -0.136. The van der Waals surface area contributed by atoms with Gasteiger partial charge < -0.3 is 31.0 Å². The highest BCUT2D eigenvalue weighted by Crippen LogP contribution is 2.40. The number of halogens is 4. The molecule has 8 nitrogen and oxygen atoms in total. The number of para-hydroxylation sites is 1. The molecule has 1 aliphatic heterocycles. The maximum Gasteiger partial charge on any atom is 0.418 e. The van der Waals surface area contributed by atoms with Crippen LogP contribution in [0.4, 0.5) is 17.6 Å². The van der Waals surface area contributed by atoms with Crippen LogP contribution in [-0.4, -0.2) is 52.1 Å². The number of aromatic nitrogens is 1. The van der Waals surface area contributed by atoms with E-state index in [-0.39, 0.29) is 60.6 Å². The first-order valence-corrected chi connectivity index (χ1v) is 19.2. The number of amides is 2. The molecular formula is C41H51F4N5O3S. The second-order valence-corrected chi connectivity index (χ2v) is 15.1. The Kier molecular flexibility index (Phi) is 13.1. The van der Waals surface area contributed by atoms with Crippen LogP contribution in [0.25, 0.3) is 10.9 Å². The molecule has 2 aromatic carbocycles. The molecule has 0 bridgehead atoms. The van der Waals surface area contributed by atoms with Crippen LogP contribution in [0.5, 0.6) is 0 Å². The molecule has 5 N–H and O–H groups in total. The van der Waals surface area contributed by atoms with Gasteiger partial charge in [-0.15, -0.1) is 0 Å². The number of carbonyl (C=O) groups is 2. The minimum absolute atomic E-state index is 0.0211. The highest BCUT2D eigenvalue weighted by Gasteiger charge is 2.46. The predicted octanol–water partition coefficient (Wildman–Crippen LogP) is 7.57. The number of carbonyl (C=O) groups excluding carboxylic acids is 2. The number of nitrogens with one attached hydrogen (secondary N) is 5. The van der Waals surface area contributed by atoms with Gasteiger partial charge in [-0.1, -0.05) is 89.7 Å². The van der Waals surface area contributed by atoms with Gasteiger partial charge in [-0.2, -0.15) is 13.2 Å². The van der Waals surface area contributed by atoms with E-state index in [9.17, 15) is 27.2 Å². The first-order chi connectivity index (χ1) is 25.7. The lowest BCUT2D eigenvalue weighted by atomic mass is 9.77. The molecule has 54 heavy (non-hydrogen) atoms. The van der Waals surface area contributed by atoms with Crippen molar-refractivity contribution in [1.29, 1.82) is 0 Å². The van der Waals surface area contributed by atoms with Crippen LogP contribution in [0.15, 0.2) is 67.1 Å². The summed E-state index contributed by atoms with van der Waals surface area (Å²) in [7, 11) is 0. The van der Waals surface area contributed by atoms with E-state index in [1.807, 2.05) is 33.8 Å². The molecule has 3 aromatic rings. The van der Waals surface area contributed by atoms with E-state index in [4.69, 9.17) is 17.0 Å². The Morgan fingerprint density at radius 1 is 1.06 bits per heavy atom. The summed E-state index contributed by atoms with van der Waals surface area (Å²) < 4.78 is 62.4. The predicted molar refractivity (Wildman–Crippen MR) is 207 cm³/mol. The average Bonchev–Trinajstić information content (AvgIpc) is 3.80. The lowest BCUT2D eigenvalue weighted by Crippen LogP contribution is -2.64. The van der Waals surface area contributed by atoms with Crippen LogP contribution >= 0.6 is 12.2 Å². The summed E-state index contributed by atoms with van der Waals surface area (Å²) in [5.74, 6) is -1.47. The summed E-state index contributed by atoms with van der Waals surface area (Å²) >= 11 is 5.86. The summed E-state index contributed by atoms with van der Waals surface area (Å²) in [4.78, 5) is 31.7. The van der Waals surface area contributed by atoms with E-state index >= 15 is 0 Å². The van der Waals surface area contributed by atoms with Gasteiger partial charge in [0.25, 0.3) is 0 Å². The molecule has 13 heteroatoms. The normalized spacial score (nSPS) is 20.3. The van der Waals surface area contributed by atoms with Crippen molar-refractivity contribution in [2.75, 3.05) is 6.54 Å². The first-order valence-electron chi connectivity index (χ1n) is 18.8. The average molecular weight is 770 g/mol. The monoisotopic (exact) mass is 769 g/mol. The Bertz CT molecular complexity index is 1870. The van der Waals surface area contributed by atoms with E-state index < -0.39 is 41.1 Å². The fraction of sp³-hybridized carbons (Fsp3) is 0.488. The topological polar surface area (TPSA) is 107 Å². The Morgan fingerprint density at radius 3 is 2.44 bits per heavy atom. The van der Waals surface area contributed by atoms with Crippen molar-refractivity contribution in [2.24, 2.45) is 11.8 Å². The molecule has 3 unspecified atom stereocenters. The number of thiocarbonyl (C=S) groups is 1. The number of hydrogen-bond acceptors (Lipinski definition) is 5. The smallest absolute Gasteiger partial charge is 0.418 e. The number of rotatable bonds is 16. The molecule has 2 heterocycles. The molecule has 1 aromatic heterocycles. The van der Waals surface area contributed by atoms with Gasteiger partial charge in [-0.05, 0) is 54.0 Å². The zero-order chi connectivity index (χ0) is 39.2. The molecule has 2 aliphatic rings. The lowest BCUT2D eigenvalue weighted by Gasteiger charge is -2.42. The summed E-state index contributed by atoms with van der Waals surface area (Å²) in [6.45, 7) is 12.8. The molecular weight excluding hydrogens is 719 g/mol. The van der Waals surface area contributed by atoms with Crippen LogP contribution in [0.2, 0.25) is 0 Å². The first kappa shape index (κ1) is 40.8. The number of ether oxygens (including phenoxy) is 1. The molecule has 5 rings (SSSR count). The number of fused-ring (bicyclic) bond motifs is 3. The van der Waals surface area contributed by atoms with E-state index in [2.05, 4.69) is 32.8 Å². The molecule has 0 radical (unpaired) electrons. The number of alkyl halides is 3. The fourth-order valence-corrected chi connectivity index (χ4v) is 7.75. The standard InChI is InChI=1S/C41H51F4N5O3S/c1-6-24(3)35(48-34(51)22-27-12-8-9-16-32(27)42)26(5)50-40(19-17-33-30(23-40)29-14-10-15-31(37(29)47-33)41(43,44)45)39(52)49-36(25(4)7-2)38(54)46-20-18-28-13-11-21-53-28/h8-12,14-16,21,24-25,28,35-36,47,50H,5-7,13,17-20,22-23H2,1-4H3,(H,46,54)(H,48,51)(H,49,52)/t24?,25?,28?,35-,36-,40+/m0/s1. The molecule has 0 saturated heterocycles. The fourth-order valence-electron chi connectivity index (χ4n) is 7.36. The molecule has 292 valence electrons. The zero-order valence-corrected chi connectivity index (χ0v) is 32.1. The van der Waals surface area contributed by atoms with Crippen LogP contribution in [0.1, 0.15) is 82.2 Å². The molecule has 0 fully saturated rings. The van der Waals surface area contributed by atoms with Crippen LogP contribution < -0.4 is 21.3 Å². The van der Waals surface area contributed by atoms with Gasteiger partial charge in [0, 0.05) is 42.6 Å². The third kappa shape index (κ3) is 9.27. The van der Waals surface area contributed by atoms with Crippen molar-refractivity contribution < 1.29 is 31.9 Å². The Hall–Kier alpha value is -4.39. The summed E-state index contributed by atoms with van der Waals surface area (Å²) in [6, 6.07) is 8.94. The Balaban J connectivity index is 1.46. The Morgan fingerprint density at radius 2 is 1.78 bits per heavy atom. The van der Waals surface area contributed by atoms with Crippen molar-refractivity contribution in [1.82, 2.24) is 26.3 Å². The number of aromatic amines is 1. The van der Waals surface area contributed by atoms with Gasteiger partial charge in [0.2, 0.25) is 11.8 Å². The molecule has 0 spiro atoms. The molecule has 6 atom stereocenters. The molecule has 2 amide bonds. The van der Waals surface area contributed by atoms with Crippen LogP contribution in [0, 0.1) is 17.7 Å². The maximum absolute atomic E-state index is 14.9. The highest BCUT2D eigenvalue weighted by molar-refractivity contribution is 7.80. The van der Waals surface area contributed by atoms with Crippen LogP contribution in [-0.2, 0) is 39.8 Å². The third-order valence-corrected chi connectivity index (χ3v) is 11.4. The van der Waals surface area contributed by atoms with E-state index in [0.29, 0.717) is 46.7 Å². The number of aryl methyl sites for hydroxylation is 1. The van der Waals surface area contributed by atoms with Crippen molar-refractivity contribution in [3.8, 4) is 0 Å². The van der Waals surface area contributed by atoms with E-state index in [1.54, 1.807) is 30.5 Å². The Labute approximate surface area is 319 Å². The minimum atomic E-state index is -4.58. The van der Waals surface area contributed by atoms with Gasteiger partial charge in [-0.3, -0.25) is 9.59 Å². The number of benzene rings is 2. The van der Waals surface area contributed by atoms with Crippen molar-refractivity contribution in [3.05, 3.63) is 95.3 Å². The van der Waals surface area contributed by atoms with Crippen molar-refractivity contribution >= 4 is 39.9 Å². The largest absolute Gasteiger partial charge is 0.498 e. The molecule has 0 saturated carbocycles. The van der Waals surface area contributed by atoms with Crippen molar-refractivity contribution in [2.45, 2.75) is 109 Å². The quantitative estimate of drug-likeness (QED) is 0.0761. The minimum Gasteiger partial charge on any atom is -0.498 e. The van der Waals surface area contributed by atoms with Gasteiger partial charge in [0.05, 0.1) is 40.8 Å². The SMILES string of the molecule is C=C(N[C@]1(C(=O)N[C@H](C(=S)NCCC2CC=CO2)C(C)CC)CCc2[nH]c3c(C(F)(F)F)cccc3c2C1)[C@@H](NC(=O)Cc1ccccc1F)C(C)CC. The third-order valence-electron chi connectivity index (χ3n) is 11.0. The molecule has 1 aliphatic carbocycles. The summed E-state index contributed by atoms with van der Waals surface area (Å²) in [5.41, 5.74) is -0.319. The van der Waals surface area contributed by atoms with Gasteiger partial charge in [0.15, 0.2) is 0 Å². The second kappa shape index (κ2) is 17.4. The second-order valence-electron chi connectivity index (χ2n) is 14.7.